The van der Waals surface area contributed by atoms with E-state index in [-0.39, 0.29) is 18.1 Å². The Morgan fingerprint density at radius 2 is 2.21 bits per heavy atom. The number of hydrogen-bond donors (Lipinski definition) is 3. The van der Waals surface area contributed by atoms with Crippen LogP contribution in [-0.2, 0) is 0 Å². The van der Waals surface area contributed by atoms with Gasteiger partial charge in [0.15, 0.2) is 0 Å². The van der Waals surface area contributed by atoms with E-state index in [1.54, 1.807) is 0 Å². The largest absolute Gasteiger partial charge is 0.378 e. The zero-order valence-electron chi connectivity index (χ0n) is 7.38. The fraction of sp³-hybridized carbons (Fsp3) is 0.286. The molecule has 0 aliphatic heterocycles. The Kier molecular flexibility index (Phi) is 2.95. The molecule has 76 valence electrons. The van der Waals surface area contributed by atoms with E-state index in [4.69, 9.17) is 17.2 Å². The molecule has 1 rings (SSSR count). The molecule has 0 unspecified atom stereocenters. The van der Waals surface area contributed by atoms with Crippen molar-refractivity contribution in [3.8, 4) is 0 Å². The Balaban J connectivity index is 3.06. The lowest BCUT2D eigenvalue weighted by Crippen LogP contribution is -2.22. The number of pyridine rings is 1. The van der Waals surface area contributed by atoms with Crippen molar-refractivity contribution >= 4 is 11.5 Å². The first-order chi connectivity index (χ1) is 6.56. The molecule has 14 heavy (non-hydrogen) atoms. The van der Waals surface area contributed by atoms with Crippen LogP contribution in [0.2, 0.25) is 0 Å². The summed E-state index contributed by atoms with van der Waals surface area (Å²) >= 11 is 0. The fourth-order valence-electron chi connectivity index (χ4n) is 0.965. The van der Waals surface area contributed by atoms with Gasteiger partial charge in [0.05, 0.1) is 16.7 Å². The summed E-state index contributed by atoms with van der Waals surface area (Å²) < 4.78 is 0. The van der Waals surface area contributed by atoms with E-state index in [1.165, 1.54) is 12.1 Å². The molecule has 1 heterocycles. The predicted molar refractivity (Wildman–Crippen MR) is 51.3 cm³/mol. The zero-order chi connectivity index (χ0) is 10.7. The molecule has 0 fully saturated rings. The van der Waals surface area contributed by atoms with E-state index in [0.29, 0.717) is 5.69 Å². The third-order valence-electron chi connectivity index (χ3n) is 1.75. The highest BCUT2D eigenvalue weighted by atomic mass is 16.6. The van der Waals surface area contributed by atoms with Gasteiger partial charge in [0.2, 0.25) is 5.82 Å². The summed E-state index contributed by atoms with van der Waals surface area (Å²) in [6.07, 6.45) is 0. The van der Waals surface area contributed by atoms with Crippen molar-refractivity contribution < 1.29 is 4.92 Å². The number of rotatable bonds is 3. The smallest absolute Gasteiger partial charge is 0.311 e. The van der Waals surface area contributed by atoms with Crippen LogP contribution in [0, 0.1) is 10.1 Å². The van der Waals surface area contributed by atoms with Crippen molar-refractivity contribution in [2.24, 2.45) is 11.5 Å². The second-order valence-electron chi connectivity index (χ2n) is 2.74. The molecule has 7 nitrogen and oxygen atoms in total. The van der Waals surface area contributed by atoms with Gasteiger partial charge < -0.3 is 17.2 Å². The minimum Gasteiger partial charge on any atom is -0.378 e. The molecule has 0 aliphatic rings. The van der Waals surface area contributed by atoms with Crippen LogP contribution in [0.5, 0.6) is 0 Å². The molecule has 7 heteroatoms. The van der Waals surface area contributed by atoms with Crippen LogP contribution in [0.4, 0.5) is 11.5 Å². The molecule has 0 aromatic carbocycles. The fourth-order valence-corrected chi connectivity index (χ4v) is 0.965. The Morgan fingerprint density at radius 1 is 1.57 bits per heavy atom. The SMILES string of the molecule is NC[C@H](N)c1ccc([N+](=O)[O-])c(N)n1. The number of nitrogen functional groups attached to an aromatic ring is 1. The molecule has 0 saturated heterocycles. The van der Waals surface area contributed by atoms with Crippen LogP contribution in [0.1, 0.15) is 11.7 Å². The number of aromatic nitrogens is 1. The lowest BCUT2D eigenvalue weighted by Gasteiger charge is -2.07. The van der Waals surface area contributed by atoms with Crippen molar-refractivity contribution in [3.63, 3.8) is 0 Å². The first-order valence-corrected chi connectivity index (χ1v) is 3.92. The average Bonchev–Trinajstić information content (AvgIpc) is 2.15. The Labute approximate surface area is 80.1 Å². The van der Waals surface area contributed by atoms with Crippen LogP contribution < -0.4 is 17.2 Å². The number of nitrogens with two attached hydrogens (primary N) is 3. The lowest BCUT2D eigenvalue weighted by molar-refractivity contribution is -0.384. The average molecular weight is 197 g/mol. The van der Waals surface area contributed by atoms with Crippen molar-refractivity contribution in [1.29, 1.82) is 0 Å². The Morgan fingerprint density at radius 3 is 2.64 bits per heavy atom. The highest BCUT2D eigenvalue weighted by Crippen LogP contribution is 2.20. The predicted octanol–water partition coefficient (Wildman–Crippen LogP) is -0.470. The Hall–Kier alpha value is -1.73. The van der Waals surface area contributed by atoms with Gasteiger partial charge >= 0.3 is 5.69 Å². The van der Waals surface area contributed by atoms with Crippen LogP contribution in [0.15, 0.2) is 12.1 Å². The molecule has 0 aliphatic carbocycles. The standard InChI is InChI=1S/C7H11N5O2/c8-3-4(9)5-1-2-6(12(13)14)7(10)11-5/h1-2,4H,3,8-9H2,(H2,10,11)/t4-/m0/s1. The minimum absolute atomic E-state index is 0.142. The summed E-state index contributed by atoms with van der Waals surface area (Å²) in [7, 11) is 0. The van der Waals surface area contributed by atoms with Crippen LogP contribution in [-0.4, -0.2) is 16.5 Å². The quantitative estimate of drug-likeness (QED) is 0.443. The van der Waals surface area contributed by atoms with Gasteiger partial charge in [0.25, 0.3) is 0 Å². The van der Waals surface area contributed by atoms with Crippen LogP contribution in [0.25, 0.3) is 0 Å². The van der Waals surface area contributed by atoms with E-state index >= 15 is 0 Å². The maximum Gasteiger partial charge on any atom is 0.311 e. The van der Waals surface area contributed by atoms with E-state index in [1.807, 2.05) is 0 Å². The third kappa shape index (κ3) is 1.95. The van der Waals surface area contributed by atoms with Crippen LogP contribution in [0.3, 0.4) is 0 Å². The maximum atomic E-state index is 10.4. The van der Waals surface area contributed by atoms with E-state index in [0.717, 1.165) is 0 Å². The molecule has 0 bridgehead atoms. The first-order valence-electron chi connectivity index (χ1n) is 3.92. The molecule has 6 N–H and O–H groups in total. The highest BCUT2D eigenvalue weighted by molar-refractivity contribution is 5.52. The van der Waals surface area contributed by atoms with Crippen LogP contribution >= 0.6 is 0 Å². The second-order valence-corrected chi connectivity index (χ2v) is 2.74. The zero-order valence-corrected chi connectivity index (χ0v) is 7.38. The van der Waals surface area contributed by atoms with E-state index in [2.05, 4.69) is 4.98 Å². The molecule has 1 aromatic heterocycles. The molecular formula is C7H11N5O2. The van der Waals surface area contributed by atoms with E-state index in [9.17, 15) is 10.1 Å². The second kappa shape index (κ2) is 3.99. The van der Waals surface area contributed by atoms with Crippen molar-refractivity contribution in [3.05, 3.63) is 27.9 Å². The van der Waals surface area contributed by atoms with Gasteiger partial charge in [0, 0.05) is 12.6 Å². The molecule has 1 aromatic rings. The normalized spacial score (nSPS) is 12.4. The molecule has 0 saturated carbocycles. The number of nitrogens with zero attached hydrogens (tertiary/aromatic N) is 2. The highest BCUT2D eigenvalue weighted by Gasteiger charge is 2.14. The number of anilines is 1. The summed E-state index contributed by atoms with van der Waals surface area (Å²) in [4.78, 5) is 13.6. The van der Waals surface area contributed by atoms with Gasteiger partial charge in [-0.1, -0.05) is 0 Å². The Bertz CT molecular complexity index is 354. The third-order valence-corrected chi connectivity index (χ3v) is 1.75. The molecule has 1 atom stereocenters. The van der Waals surface area contributed by atoms with Gasteiger partial charge in [-0.2, -0.15) is 0 Å². The van der Waals surface area contributed by atoms with Crippen molar-refractivity contribution in [2.75, 3.05) is 12.3 Å². The minimum atomic E-state index is -0.597. The van der Waals surface area contributed by atoms with Crippen molar-refractivity contribution in [1.82, 2.24) is 4.98 Å². The van der Waals surface area contributed by atoms with Gasteiger partial charge in [-0.15, -0.1) is 0 Å². The number of nitro groups is 1. The molecular weight excluding hydrogens is 186 g/mol. The monoisotopic (exact) mass is 197 g/mol. The van der Waals surface area contributed by atoms with Crippen molar-refractivity contribution in [2.45, 2.75) is 6.04 Å². The summed E-state index contributed by atoms with van der Waals surface area (Å²) in [5.41, 5.74) is 16.5. The van der Waals surface area contributed by atoms with E-state index < -0.39 is 11.0 Å². The topological polar surface area (TPSA) is 134 Å². The van der Waals surface area contributed by atoms with Gasteiger partial charge in [0.1, 0.15) is 0 Å². The van der Waals surface area contributed by atoms with Gasteiger partial charge in [-0.05, 0) is 6.07 Å². The first kappa shape index (κ1) is 10.4. The number of hydrogen-bond acceptors (Lipinski definition) is 6. The molecule has 0 radical (unpaired) electrons. The summed E-state index contributed by atoms with van der Waals surface area (Å²) in [5, 5.41) is 10.4. The van der Waals surface area contributed by atoms with Gasteiger partial charge in [-0.25, -0.2) is 4.98 Å². The molecule has 0 spiro atoms. The maximum absolute atomic E-state index is 10.4. The summed E-state index contributed by atoms with van der Waals surface area (Å²) in [6.45, 7) is 0.213. The summed E-state index contributed by atoms with van der Waals surface area (Å²) in [5.74, 6) is -0.142. The van der Waals surface area contributed by atoms with Gasteiger partial charge in [-0.3, -0.25) is 10.1 Å². The lowest BCUT2D eigenvalue weighted by atomic mass is 10.2. The summed E-state index contributed by atoms with van der Waals surface area (Å²) in [6, 6.07) is 2.28. The molecule has 0 amide bonds.